The van der Waals surface area contributed by atoms with Gasteiger partial charge >= 0.3 is 0 Å². The summed E-state index contributed by atoms with van der Waals surface area (Å²) in [5, 5.41) is 4.98. The third-order valence-corrected chi connectivity index (χ3v) is 13.5. The van der Waals surface area contributed by atoms with E-state index in [0.29, 0.717) is 0 Å². The van der Waals surface area contributed by atoms with Crippen molar-refractivity contribution in [2.45, 2.75) is 0 Å². The van der Waals surface area contributed by atoms with Crippen molar-refractivity contribution in [2.75, 3.05) is 4.90 Å². The number of hydrogen-bond acceptors (Lipinski definition) is 1. The summed E-state index contributed by atoms with van der Waals surface area (Å²) in [5.41, 5.74) is 19.8. The summed E-state index contributed by atoms with van der Waals surface area (Å²) in [6.07, 6.45) is 0. The normalized spacial score (nSPS) is 11.2. The zero-order chi connectivity index (χ0) is 45.9. The predicted molar refractivity (Wildman–Crippen MR) is 294 cm³/mol. The summed E-state index contributed by atoms with van der Waals surface area (Å²) < 4.78 is 0. The number of fused-ring (bicyclic) bond motifs is 3. The van der Waals surface area contributed by atoms with E-state index in [9.17, 15) is 0 Å². The number of nitrogens with zero attached hydrogens (tertiary/aromatic N) is 1. The Hall–Kier alpha value is -9.04. The molecule has 324 valence electrons. The minimum Gasteiger partial charge on any atom is -0.309 e. The van der Waals surface area contributed by atoms with Gasteiger partial charge in [-0.05, 0) is 113 Å². The van der Waals surface area contributed by atoms with Crippen LogP contribution >= 0.6 is 0 Å². The van der Waals surface area contributed by atoms with Crippen LogP contribution < -0.4 is 4.90 Å². The predicted octanol–water partition coefficient (Wildman–Crippen LogP) is 19.1. The van der Waals surface area contributed by atoms with Crippen LogP contribution in [-0.4, -0.2) is 0 Å². The lowest BCUT2D eigenvalue weighted by molar-refractivity contribution is 1.28. The minimum atomic E-state index is 1.06. The summed E-state index contributed by atoms with van der Waals surface area (Å²) in [4.78, 5) is 2.50. The Morgan fingerprint density at radius 1 is 0.203 bits per heavy atom. The van der Waals surface area contributed by atoms with Gasteiger partial charge in [0.1, 0.15) is 0 Å². The maximum Gasteiger partial charge on any atom is 0.0618 e. The van der Waals surface area contributed by atoms with Crippen molar-refractivity contribution >= 4 is 38.6 Å². The molecule has 0 aliphatic heterocycles. The second kappa shape index (κ2) is 18.3. The highest BCUT2D eigenvalue weighted by molar-refractivity contribution is 6.22. The van der Waals surface area contributed by atoms with Gasteiger partial charge in [0.15, 0.2) is 0 Å². The molecule has 0 saturated heterocycles. The Morgan fingerprint density at radius 3 is 1.12 bits per heavy atom. The molecule has 0 spiro atoms. The smallest absolute Gasteiger partial charge is 0.0618 e. The summed E-state index contributed by atoms with van der Waals surface area (Å²) in [6, 6.07) is 104. The SMILES string of the molecule is c1ccc(-c2ccc(N(c3ccc(-c4ccc5c(c4)c(-c4ccccc4)c(-c4ccccc4)c4ccccc45)cc3)c3c(-c4ccccc4)cccc3-c3ccccc3)c(-c3ccccc3)c2)cc1. The van der Waals surface area contributed by atoms with Crippen LogP contribution in [0.5, 0.6) is 0 Å². The maximum absolute atomic E-state index is 2.50. The van der Waals surface area contributed by atoms with Gasteiger partial charge < -0.3 is 4.90 Å². The van der Waals surface area contributed by atoms with Gasteiger partial charge in [0.2, 0.25) is 0 Å². The first kappa shape index (κ1) is 41.4. The molecular weight excluding hydrogens is 831 g/mol. The quantitative estimate of drug-likeness (QED) is 0.124. The molecule has 1 nitrogen and oxygen atoms in total. The summed E-state index contributed by atoms with van der Waals surface area (Å²) in [5.74, 6) is 0. The monoisotopic (exact) mass is 877 g/mol. The van der Waals surface area contributed by atoms with Gasteiger partial charge in [-0.3, -0.25) is 0 Å². The molecule has 12 rings (SSSR count). The van der Waals surface area contributed by atoms with Crippen molar-refractivity contribution in [1.82, 2.24) is 0 Å². The van der Waals surface area contributed by atoms with E-state index in [1.54, 1.807) is 0 Å². The van der Waals surface area contributed by atoms with E-state index in [-0.39, 0.29) is 0 Å². The minimum absolute atomic E-state index is 1.06. The standard InChI is InChI=1S/C68H47N/c1-7-22-48(23-8-1)56-41-45-65(63(46-56)52-28-13-4-14-29-52)69(68-58(50-24-9-2-10-25-50)36-21-37-59(68)51-26-11-3-12-27-51)57-42-38-49(39-43-57)55-40-44-61-60-34-19-20-35-62(60)66(53-30-15-5-16-31-53)67(64(61)47-55)54-32-17-6-18-33-54/h1-47H. The molecule has 69 heavy (non-hydrogen) atoms. The first-order valence-corrected chi connectivity index (χ1v) is 23.8. The van der Waals surface area contributed by atoms with E-state index >= 15 is 0 Å². The molecule has 0 heterocycles. The Morgan fingerprint density at radius 2 is 0.580 bits per heavy atom. The summed E-state index contributed by atoms with van der Waals surface area (Å²) in [7, 11) is 0. The third-order valence-electron chi connectivity index (χ3n) is 13.5. The van der Waals surface area contributed by atoms with Gasteiger partial charge in [0, 0.05) is 22.4 Å². The van der Waals surface area contributed by atoms with Gasteiger partial charge in [-0.15, -0.1) is 0 Å². The van der Waals surface area contributed by atoms with Crippen molar-refractivity contribution in [2.24, 2.45) is 0 Å². The zero-order valence-electron chi connectivity index (χ0n) is 38.1. The molecule has 0 aromatic heterocycles. The van der Waals surface area contributed by atoms with Gasteiger partial charge in [-0.1, -0.05) is 255 Å². The highest BCUT2D eigenvalue weighted by Gasteiger charge is 2.25. The summed E-state index contributed by atoms with van der Waals surface area (Å²) in [6.45, 7) is 0. The summed E-state index contributed by atoms with van der Waals surface area (Å²) >= 11 is 0. The van der Waals surface area contributed by atoms with E-state index in [4.69, 9.17) is 0 Å². The van der Waals surface area contributed by atoms with Crippen LogP contribution in [0.25, 0.3) is 99.4 Å². The van der Waals surface area contributed by atoms with Crippen LogP contribution in [0.15, 0.2) is 285 Å². The first-order valence-electron chi connectivity index (χ1n) is 23.8. The molecule has 0 aliphatic rings. The molecule has 1 heteroatoms. The highest BCUT2D eigenvalue weighted by Crippen LogP contribution is 2.51. The zero-order valence-corrected chi connectivity index (χ0v) is 38.1. The topological polar surface area (TPSA) is 3.24 Å². The van der Waals surface area contributed by atoms with Crippen molar-refractivity contribution in [1.29, 1.82) is 0 Å². The van der Waals surface area contributed by atoms with Crippen molar-refractivity contribution in [3.8, 4) is 77.9 Å². The van der Waals surface area contributed by atoms with Crippen molar-refractivity contribution < 1.29 is 0 Å². The fourth-order valence-electron chi connectivity index (χ4n) is 10.2. The van der Waals surface area contributed by atoms with Crippen LogP contribution in [0.2, 0.25) is 0 Å². The van der Waals surface area contributed by atoms with Gasteiger partial charge in [0.25, 0.3) is 0 Å². The van der Waals surface area contributed by atoms with E-state index in [2.05, 4.69) is 290 Å². The third kappa shape index (κ3) is 7.86. The average molecular weight is 878 g/mol. The molecule has 12 aromatic rings. The van der Waals surface area contributed by atoms with E-state index in [1.165, 1.54) is 60.5 Å². The Kier molecular flexibility index (Phi) is 11.0. The van der Waals surface area contributed by atoms with Crippen LogP contribution in [0.3, 0.4) is 0 Å². The first-order chi connectivity index (χ1) is 34.3. The van der Waals surface area contributed by atoms with E-state index in [0.717, 1.165) is 56.0 Å². The lowest BCUT2D eigenvalue weighted by Crippen LogP contribution is -2.14. The Balaban J connectivity index is 1.09. The lowest BCUT2D eigenvalue weighted by atomic mass is 9.84. The Labute approximate surface area is 404 Å². The van der Waals surface area contributed by atoms with Crippen LogP contribution in [0, 0.1) is 0 Å². The number of para-hydroxylation sites is 1. The van der Waals surface area contributed by atoms with Crippen LogP contribution in [0.4, 0.5) is 17.1 Å². The molecule has 0 saturated carbocycles. The molecule has 0 unspecified atom stereocenters. The van der Waals surface area contributed by atoms with Crippen molar-refractivity contribution in [3.63, 3.8) is 0 Å². The molecule has 0 N–H and O–H groups in total. The molecule has 0 bridgehead atoms. The molecule has 12 aromatic carbocycles. The highest BCUT2D eigenvalue weighted by atomic mass is 15.1. The maximum atomic E-state index is 2.50. The number of hydrogen-bond donors (Lipinski definition) is 0. The lowest BCUT2D eigenvalue weighted by Gasteiger charge is -2.32. The fraction of sp³-hybridized carbons (Fsp3) is 0. The van der Waals surface area contributed by atoms with E-state index in [1.807, 2.05) is 0 Å². The molecular formula is C68H47N. The average Bonchev–Trinajstić information content (AvgIpc) is 3.44. The van der Waals surface area contributed by atoms with Crippen molar-refractivity contribution in [3.05, 3.63) is 285 Å². The van der Waals surface area contributed by atoms with Gasteiger partial charge in [-0.2, -0.15) is 0 Å². The number of rotatable bonds is 10. The van der Waals surface area contributed by atoms with E-state index < -0.39 is 0 Å². The fourth-order valence-corrected chi connectivity index (χ4v) is 10.2. The number of benzene rings is 12. The molecule has 0 amide bonds. The largest absolute Gasteiger partial charge is 0.309 e. The van der Waals surface area contributed by atoms with Crippen LogP contribution in [-0.2, 0) is 0 Å². The van der Waals surface area contributed by atoms with Gasteiger partial charge in [-0.25, -0.2) is 0 Å². The molecule has 0 fully saturated rings. The molecule has 0 radical (unpaired) electrons. The molecule has 0 aliphatic carbocycles. The number of anilines is 3. The second-order valence-electron chi connectivity index (χ2n) is 17.6. The molecule has 0 atom stereocenters. The van der Waals surface area contributed by atoms with Crippen LogP contribution in [0.1, 0.15) is 0 Å². The van der Waals surface area contributed by atoms with Gasteiger partial charge in [0.05, 0.1) is 11.4 Å². The second-order valence-corrected chi connectivity index (χ2v) is 17.6. The Bertz CT molecular complexity index is 3660.